The van der Waals surface area contributed by atoms with Gasteiger partial charge in [0.05, 0.1) is 4.88 Å². The van der Waals surface area contributed by atoms with Crippen molar-refractivity contribution in [1.82, 2.24) is 5.32 Å². The third kappa shape index (κ3) is 3.33. The number of rotatable bonds is 4. The normalized spacial score (nSPS) is 17.7. The van der Waals surface area contributed by atoms with Crippen molar-refractivity contribution in [3.8, 4) is 0 Å². The van der Waals surface area contributed by atoms with E-state index < -0.39 is 0 Å². The molecule has 1 aliphatic rings. The summed E-state index contributed by atoms with van der Waals surface area (Å²) in [4.78, 5) is 15.2. The molecule has 1 unspecified atom stereocenters. The molecule has 1 amide bonds. The Morgan fingerprint density at radius 2 is 2.18 bits per heavy atom. The largest absolute Gasteiger partial charge is 0.371 e. The number of anilines is 1. The number of nitrogens with zero attached hydrogens (tertiary/aromatic N) is 1. The van der Waals surface area contributed by atoms with Crippen LogP contribution in [0, 0.1) is 19.8 Å². The number of thiophene rings is 1. The zero-order valence-electron chi connectivity index (χ0n) is 13.1. The molecule has 1 aromatic heterocycles. The summed E-state index contributed by atoms with van der Waals surface area (Å²) in [5.74, 6) is 0.588. The number of benzene rings is 1. The minimum absolute atomic E-state index is 0.0552. The molecular weight excluding hydrogens is 292 g/mol. The van der Waals surface area contributed by atoms with Gasteiger partial charge in [0.2, 0.25) is 0 Å². The Kier molecular flexibility index (Phi) is 4.48. The fourth-order valence-electron chi connectivity index (χ4n) is 2.89. The van der Waals surface area contributed by atoms with Crippen LogP contribution in [0.15, 0.2) is 35.7 Å². The average Bonchev–Trinajstić information content (AvgIpc) is 3.19. The van der Waals surface area contributed by atoms with Gasteiger partial charge in [-0.15, -0.1) is 11.3 Å². The van der Waals surface area contributed by atoms with Gasteiger partial charge in [-0.3, -0.25) is 4.79 Å². The monoisotopic (exact) mass is 314 g/mol. The molecule has 0 aliphatic carbocycles. The molecular formula is C18H22N2OS. The molecule has 116 valence electrons. The number of hydrogen-bond donors (Lipinski definition) is 1. The standard InChI is InChI=1S/C18H22N2OS/c1-13-5-6-16(10-14(13)2)20-8-7-15(12-20)11-19-18(21)17-4-3-9-22-17/h3-6,9-10,15H,7-8,11-12H2,1-2H3,(H,19,21). The van der Waals surface area contributed by atoms with Gasteiger partial charge in [0.1, 0.15) is 0 Å². The van der Waals surface area contributed by atoms with Crippen LogP contribution in [-0.2, 0) is 0 Å². The fraction of sp³-hybridized carbons (Fsp3) is 0.389. The number of carbonyl (C=O) groups excluding carboxylic acids is 1. The first-order valence-corrected chi connectivity index (χ1v) is 8.65. The Hall–Kier alpha value is -1.81. The van der Waals surface area contributed by atoms with E-state index in [0.29, 0.717) is 5.92 Å². The molecule has 2 heterocycles. The molecule has 0 radical (unpaired) electrons. The minimum atomic E-state index is 0.0552. The molecule has 0 spiro atoms. The Labute approximate surface area is 136 Å². The van der Waals surface area contributed by atoms with Gasteiger partial charge in [-0.2, -0.15) is 0 Å². The Morgan fingerprint density at radius 3 is 2.91 bits per heavy atom. The summed E-state index contributed by atoms with van der Waals surface area (Å²) in [5.41, 5.74) is 3.98. The first-order chi connectivity index (χ1) is 10.6. The lowest BCUT2D eigenvalue weighted by molar-refractivity contribution is 0.0952. The number of amides is 1. The summed E-state index contributed by atoms with van der Waals surface area (Å²) in [7, 11) is 0. The molecule has 1 aliphatic heterocycles. The van der Waals surface area contributed by atoms with E-state index in [2.05, 4.69) is 42.3 Å². The predicted octanol–water partition coefficient (Wildman–Crippen LogP) is 3.62. The van der Waals surface area contributed by atoms with Crippen molar-refractivity contribution in [1.29, 1.82) is 0 Å². The third-order valence-electron chi connectivity index (χ3n) is 4.44. The molecule has 3 nitrogen and oxygen atoms in total. The van der Waals surface area contributed by atoms with E-state index in [1.807, 2.05) is 17.5 Å². The van der Waals surface area contributed by atoms with Gasteiger partial charge in [-0.05, 0) is 60.9 Å². The smallest absolute Gasteiger partial charge is 0.261 e. The zero-order valence-corrected chi connectivity index (χ0v) is 14.0. The van der Waals surface area contributed by atoms with Crippen molar-refractivity contribution in [2.24, 2.45) is 5.92 Å². The lowest BCUT2D eigenvalue weighted by Crippen LogP contribution is -2.30. The van der Waals surface area contributed by atoms with Crippen molar-refractivity contribution in [2.75, 3.05) is 24.5 Å². The highest BCUT2D eigenvalue weighted by molar-refractivity contribution is 7.12. The maximum atomic E-state index is 12.0. The maximum absolute atomic E-state index is 12.0. The van der Waals surface area contributed by atoms with E-state index in [4.69, 9.17) is 0 Å². The van der Waals surface area contributed by atoms with E-state index in [1.165, 1.54) is 28.2 Å². The van der Waals surface area contributed by atoms with Crippen molar-refractivity contribution in [3.63, 3.8) is 0 Å². The van der Waals surface area contributed by atoms with Crippen LogP contribution in [0.2, 0.25) is 0 Å². The van der Waals surface area contributed by atoms with Crippen molar-refractivity contribution >= 4 is 22.9 Å². The quantitative estimate of drug-likeness (QED) is 0.935. The van der Waals surface area contributed by atoms with Crippen LogP contribution in [0.5, 0.6) is 0 Å². The second-order valence-electron chi connectivity index (χ2n) is 6.06. The van der Waals surface area contributed by atoms with Gasteiger partial charge in [0, 0.05) is 25.3 Å². The molecule has 1 saturated heterocycles. The van der Waals surface area contributed by atoms with Crippen LogP contribution in [0.3, 0.4) is 0 Å². The second kappa shape index (κ2) is 6.53. The van der Waals surface area contributed by atoms with Crippen LogP contribution in [-0.4, -0.2) is 25.5 Å². The number of hydrogen-bond acceptors (Lipinski definition) is 3. The Balaban J connectivity index is 1.54. The zero-order chi connectivity index (χ0) is 15.5. The molecule has 1 atom stereocenters. The molecule has 1 aromatic carbocycles. The SMILES string of the molecule is Cc1ccc(N2CCC(CNC(=O)c3cccs3)C2)cc1C. The van der Waals surface area contributed by atoms with Gasteiger partial charge in [0.15, 0.2) is 0 Å². The first kappa shape index (κ1) is 15.1. The van der Waals surface area contributed by atoms with E-state index in [1.54, 1.807) is 0 Å². The lowest BCUT2D eigenvalue weighted by atomic mass is 10.1. The van der Waals surface area contributed by atoms with Crippen LogP contribution in [0.1, 0.15) is 27.2 Å². The third-order valence-corrected chi connectivity index (χ3v) is 5.31. The second-order valence-corrected chi connectivity index (χ2v) is 7.00. The summed E-state index contributed by atoms with van der Waals surface area (Å²) in [6.07, 6.45) is 1.14. The topological polar surface area (TPSA) is 32.3 Å². The molecule has 0 bridgehead atoms. The molecule has 1 fully saturated rings. The minimum Gasteiger partial charge on any atom is -0.371 e. The number of aryl methyl sites for hydroxylation is 2. The Bertz CT molecular complexity index is 651. The van der Waals surface area contributed by atoms with E-state index in [0.717, 1.165) is 30.9 Å². The average molecular weight is 314 g/mol. The van der Waals surface area contributed by atoms with Crippen LogP contribution in [0.4, 0.5) is 5.69 Å². The maximum Gasteiger partial charge on any atom is 0.261 e. The van der Waals surface area contributed by atoms with E-state index in [9.17, 15) is 4.79 Å². The summed E-state index contributed by atoms with van der Waals surface area (Å²) in [5, 5.41) is 5.00. The molecule has 1 N–H and O–H groups in total. The van der Waals surface area contributed by atoms with Crippen molar-refractivity contribution in [3.05, 3.63) is 51.7 Å². The highest BCUT2D eigenvalue weighted by Crippen LogP contribution is 2.25. The van der Waals surface area contributed by atoms with Crippen molar-refractivity contribution < 1.29 is 4.79 Å². The number of carbonyl (C=O) groups is 1. The van der Waals surface area contributed by atoms with Gasteiger partial charge in [-0.1, -0.05) is 12.1 Å². The summed E-state index contributed by atoms with van der Waals surface area (Å²) >= 11 is 1.49. The predicted molar refractivity (Wildman–Crippen MR) is 92.9 cm³/mol. The summed E-state index contributed by atoms with van der Waals surface area (Å²) in [6.45, 7) is 7.16. The highest BCUT2D eigenvalue weighted by Gasteiger charge is 2.23. The van der Waals surface area contributed by atoms with Gasteiger partial charge >= 0.3 is 0 Å². The van der Waals surface area contributed by atoms with Gasteiger partial charge in [-0.25, -0.2) is 0 Å². The van der Waals surface area contributed by atoms with Crippen LogP contribution >= 0.6 is 11.3 Å². The highest BCUT2D eigenvalue weighted by atomic mass is 32.1. The molecule has 0 saturated carbocycles. The van der Waals surface area contributed by atoms with Crippen molar-refractivity contribution in [2.45, 2.75) is 20.3 Å². The van der Waals surface area contributed by atoms with Crippen LogP contribution in [0.25, 0.3) is 0 Å². The fourth-order valence-corrected chi connectivity index (χ4v) is 3.53. The number of nitrogens with one attached hydrogen (secondary N) is 1. The van der Waals surface area contributed by atoms with E-state index >= 15 is 0 Å². The molecule has 2 aromatic rings. The molecule has 3 rings (SSSR count). The van der Waals surface area contributed by atoms with Gasteiger partial charge < -0.3 is 10.2 Å². The summed E-state index contributed by atoms with van der Waals surface area (Å²) < 4.78 is 0. The van der Waals surface area contributed by atoms with Gasteiger partial charge in [0.25, 0.3) is 5.91 Å². The Morgan fingerprint density at radius 1 is 1.32 bits per heavy atom. The van der Waals surface area contributed by atoms with E-state index in [-0.39, 0.29) is 5.91 Å². The first-order valence-electron chi connectivity index (χ1n) is 7.77. The lowest BCUT2D eigenvalue weighted by Gasteiger charge is -2.20. The summed E-state index contributed by atoms with van der Waals surface area (Å²) in [6, 6.07) is 10.4. The van der Waals surface area contributed by atoms with Crippen LogP contribution < -0.4 is 10.2 Å². The molecule has 4 heteroatoms. The molecule has 22 heavy (non-hydrogen) atoms.